The normalized spacial score (nSPS) is 10.4. The molecule has 0 radical (unpaired) electrons. The summed E-state index contributed by atoms with van der Waals surface area (Å²) in [6, 6.07) is 14.6. The van der Waals surface area contributed by atoms with E-state index in [1.807, 2.05) is 30.3 Å². The van der Waals surface area contributed by atoms with Crippen molar-refractivity contribution in [1.82, 2.24) is 10.6 Å². The molecule has 122 valence electrons. The van der Waals surface area contributed by atoms with Crippen molar-refractivity contribution in [2.24, 2.45) is 0 Å². The van der Waals surface area contributed by atoms with Crippen molar-refractivity contribution >= 4 is 39.2 Å². The number of furan rings is 2. The van der Waals surface area contributed by atoms with Crippen LogP contribution >= 0.6 is 28.1 Å². The number of benzene rings is 1. The van der Waals surface area contributed by atoms with Crippen LogP contribution in [0.4, 0.5) is 0 Å². The third-order valence-corrected chi connectivity index (χ3v) is 3.96. The third-order valence-electron chi connectivity index (χ3n) is 3.19. The lowest BCUT2D eigenvalue weighted by Crippen LogP contribution is -2.38. The van der Waals surface area contributed by atoms with Gasteiger partial charge in [-0.15, -0.1) is 0 Å². The molecule has 0 saturated carbocycles. The maximum Gasteiger partial charge on any atom is 0.293 e. The molecule has 2 aromatic heterocycles. The Morgan fingerprint density at radius 1 is 1.12 bits per heavy atom. The predicted molar refractivity (Wildman–Crippen MR) is 97.5 cm³/mol. The predicted octanol–water partition coefficient (Wildman–Crippen LogP) is 4.11. The van der Waals surface area contributed by atoms with Gasteiger partial charge in [-0.05, 0) is 48.6 Å². The molecule has 0 aliphatic rings. The number of halogens is 1. The van der Waals surface area contributed by atoms with Gasteiger partial charge >= 0.3 is 0 Å². The number of nitrogens with one attached hydrogen (secondary N) is 2. The maximum atomic E-state index is 12.2. The van der Waals surface area contributed by atoms with E-state index in [4.69, 9.17) is 21.1 Å². The molecule has 1 amide bonds. The maximum absolute atomic E-state index is 12.2. The summed E-state index contributed by atoms with van der Waals surface area (Å²) in [4.78, 5) is 12.2. The Hall–Kier alpha value is -2.38. The van der Waals surface area contributed by atoms with E-state index in [-0.39, 0.29) is 10.9 Å². The molecule has 1 aromatic carbocycles. The van der Waals surface area contributed by atoms with Crippen LogP contribution in [0, 0.1) is 0 Å². The Morgan fingerprint density at radius 3 is 2.62 bits per heavy atom. The molecule has 3 rings (SSSR count). The summed E-state index contributed by atoms with van der Waals surface area (Å²) in [6.45, 7) is 0.397. The molecule has 0 bridgehead atoms. The van der Waals surface area contributed by atoms with Crippen LogP contribution in [0.1, 0.15) is 16.3 Å². The highest BCUT2D eigenvalue weighted by Crippen LogP contribution is 2.23. The lowest BCUT2D eigenvalue weighted by Gasteiger charge is -2.06. The van der Waals surface area contributed by atoms with E-state index >= 15 is 0 Å². The van der Waals surface area contributed by atoms with Gasteiger partial charge in [0.1, 0.15) is 11.5 Å². The minimum Gasteiger partial charge on any atom is -0.467 e. The second-order valence-corrected chi connectivity index (χ2v) is 6.21. The first kappa shape index (κ1) is 16.5. The second kappa shape index (κ2) is 7.46. The number of hydrogen-bond acceptors (Lipinski definition) is 4. The van der Waals surface area contributed by atoms with Crippen molar-refractivity contribution in [3.63, 3.8) is 0 Å². The van der Waals surface area contributed by atoms with Crippen molar-refractivity contribution in [3.8, 4) is 11.3 Å². The fraction of sp³-hybridized carbons (Fsp3) is 0.0588. The topological polar surface area (TPSA) is 67.4 Å². The van der Waals surface area contributed by atoms with Crippen molar-refractivity contribution < 1.29 is 13.6 Å². The van der Waals surface area contributed by atoms with Crippen LogP contribution in [0.5, 0.6) is 0 Å². The standard InChI is InChI=1S/C17H13BrN2O3S/c18-12-5-3-11(4-6-12)14-7-8-15(23-14)16(21)20-17(24)19-10-13-2-1-9-22-13/h1-9H,10H2,(H2,19,20,21,24). The second-order valence-electron chi connectivity index (χ2n) is 4.89. The molecule has 0 saturated heterocycles. The minimum absolute atomic E-state index is 0.190. The summed E-state index contributed by atoms with van der Waals surface area (Å²) < 4.78 is 11.7. The van der Waals surface area contributed by atoms with Gasteiger partial charge in [0.2, 0.25) is 0 Å². The highest BCUT2D eigenvalue weighted by Gasteiger charge is 2.13. The largest absolute Gasteiger partial charge is 0.467 e. The van der Waals surface area contributed by atoms with E-state index < -0.39 is 5.91 Å². The van der Waals surface area contributed by atoms with Gasteiger partial charge in [0.05, 0.1) is 12.8 Å². The monoisotopic (exact) mass is 404 g/mol. The first-order valence-corrected chi connectivity index (χ1v) is 8.29. The first-order chi connectivity index (χ1) is 11.6. The van der Waals surface area contributed by atoms with Crippen LogP contribution in [-0.2, 0) is 6.54 Å². The summed E-state index contributed by atoms with van der Waals surface area (Å²) >= 11 is 8.47. The summed E-state index contributed by atoms with van der Waals surface area (Å²) in [5.74, 6) is 1.12. The lowest BCUT2D eigenvalue weighted by atomic mass is 10.2. The van der Waals surface area contributed by atoms with E-state index in [2.05, 4.69) is 26.6 Å². The molecule has 24 heavy (non-hydrogen) atoms. The van der Waals surface area contributed by atoms with Gasteiger partial charge < -0.3 is 14.2 Å². The van der Waals surface area contributed by atoms with Crippen LogP contribution in [-0.4, -0.2) is 11.0 Å². The molecule has 0 aliphatic heterocycles. The summed E-state index contributed by atoms with van der Waals surface area (Å²) in [5, 5.41) is 5.67. The zero-order valence-electron chi connectivity index (χ0n) is 12.4. The Labute approximate surface area is 152 Å². The quantitative estimate of drug-likeness (QED) is 0.640. The van der Waals surface area contributed by atoms with Crippen LogP contribution in [0.3, 0.4) is 0 Å². The van der Waals surface area contributed by atoms with Crippen LogP contribution in [0.2, 0.25) is 0 Å². The Balaban J connectivity index is 1.59. The van der Waals surface area contributed by atoms with Crippen molar-refractivity contribution in [2.45, 2.75) is 6.54 Å². The molecule has 0 unspecified atom stereocenters. The zero-order chi connectivity index (χ0) is 16.9. The van der Waals surface area contributed by atoms with Gasteiger partial charge in [0.25, 0.3) is 5.91 Å². The smallest absolute Gasteiger partial charge is 0.293 e. The van der Waals surface area contributed by atoms with E-state index in [1.165, 1.54) is 0 Å². The van der Waals surface area contributed by atoms with E-state index in [0.29, 0.717) is 12.3 Å². The highest BCUT2D eigenvalue weighted by atomic mass is 79.9. The van der Waals surface area contributed by atoms with Gasteiger partial charge in [-0.2, -0.15) is 0 Å². The van der Waals surface area contributed by atoms with Gasteiger partial charge in [-0.3, -0.25) is 10.1 Å². The highest BCUT2D eigenvalue weighted by molar-refractivity contribution is 9.10. The van der Waals surface area contributed by atoms with Gasteiger partial charge in [0.15, 0.2) is 10.9 Å². The average Bonchev–Trinajstić information content (AvgIpc) is 3.25. The fourth-order valence-corrected chi connectivity index (χ4v) is 2.45. The number of carbonyl (C=O) groups is 1. The fourth-order valence-electron chi connectivity index (χ4n) is 2.02. The van der Waals surface area contributed by atoms with Crippen LogP contribution in [0.25, 0.3) is 11.3 Å². The SMILES string of the molecule is O=C(NC(=S)NCc1ccco1)c1ccc(-c2ccc(Br)cc2)o1. The molecular weight excluding hydrogens is 392 g/mol. The molecule has 0 spiro atoms. The van der Waals surface area contributed by atoms with E-state index in [9.17, 15) is 4.79 Å². The summed E-state index contributed by atoms with van der Waals surface area (Å²) in [7, 11) is 0. The Morgan fingerprint density at radius 2 is 1.92 bits per heavy atom. The van der Waals surface area contributed by atoms with Gasteiger partial charge in [0, 0.05) is 10.0 Å². The molecule has 2 N–H and O–H groups in total. The molecule has 0 atom stereocenters. The Kier molecular flexibility index (Phi) is 5.12. The molecule has 7 heteroatoms. The molecule has 0 fully saturated rings. The minimum atomic E-state index is -0.407. The molecular formula is C17H13BrN2O3S. The number of rotatable bonds is 4. The average molecular weight is 405 g/mol. The number of carbonyl (C=O) groups excluding carboxylic acids is 1. The summed E-state index contributed by atoms with van der Waals surface area (Å²) in [6.07, 6.45) is 1.57. The van der Waals surface area contributed by atoms with E-state index in [0.717, 1.165) is 15.8 Å². The number of hydrogen-bond donors (Lipinski definition) is 2. The van der Waals surface area contributed by atoms with Crippen LogP contribution < -0.4 is 10.6 Å². The van der Waals surface area contributed by atoms with E-state index in [1.54, 1.807) is 24.5 Å². The van der Waals surface area contributed by atoms with Gasteiger partial charge in [-0.1, -0.05) is 28.1 Å². The molecule has 3 aromatic rings. The van der Waals surface area contributed by atoms with Gasteiger partial charge in [-0.25, -0.2) is 0 Å². The lowest BCUT2D eigenvalue weighted by molar-refractivity contribution is 0.0950. The number of amides is 1. The van der Waals surface area contributed by atoms with Crippen molar-refractivity contribution in [2.75, 3.05) is 0 Å². The molecule has 5 nitrogen and oxygen atoms in total. The summed E-state index contributed by atoms with van der Waals surface area (Å²) in [5.41, 5.74) is 0.885. The third kappa shape index (κ3) is 4.12. The Bertz CT molecular complexity index is 841. The van der Waals surface area contributed by atoms with Crippen LogP contribution in [0.15, 0.2) is 68.1 Å². The zero-order valence-corrected chi connectivity index (χ0v) is 14.8. The first-order valence-electron chi connectivity index (χ1n) is 7.09. The van der Waals surface area contributed by atoms with Crippen molar-refractivity contribution in [1.29, 1.82) is 0 Å². The number of thiocarbonyl (C=S) groups is 1. The molecule has 2 heterocycles. The van der Waals surface area contributed by atoms with Crippen molar-refractivity contribution in [3.05, 3.63) is 70.8 Å². The molecule has 0 aliphatic carbocycles.